The number of nitrogen functional groups attached to an aromatic ring is 1. The predicted molar refractivity (Wildman–Crippen MR) is 70.8 cm³/mol. The van der Waals surface area contributed by atoms with Crippen LogP contribution in [-0.4, -0.2) is 20.3 Å². The molecule has 0 atom stereocenters. The molecule has 0 aromatic carbocycles. The van der Waals surface area contributed by atoms with Gasteiger partial charge in [0, 0.05) is 23.9 Å². The third-order valence-corrected chi connectivity index (χ3v) is 3.15. The summed E-state index contributed by atoms with van der Waals surface area (Å²) < 4.78 is 4.65. The number of halogens is 1. The Morgan fingerprint density at radius 3 is 2.89 bits per heavy atom. The Kier molecular flexibility index (Phi) is 2.79. The molecule has 0 spiro atoms. The number of aryl methyl sites for hydroxylation is 1. The highest BCUT2D eigenvalue weighted by atomic mass is 35.5. The first-order valence-electron chi connectivity index (χ1n) is 5.63. The normalized spacial score (nSPS) is 11.1. The van der Waals surface area contributed by atoms with Crippen molar-refractivity contribution in [2.45, 2.75) is 13.3 Å². The Morgan fingerprint density at radius 1 is 1.32 bits per heavy atom. The molecule has 0 saturated carbocycles. The number of hydrogen-bond donors (Lipinski definition) is 1. The zero-order valence-corrected chi connectivity index (χ0v) is 10.8. The minimum absolute atomic E-state index is 0.424. The van der Waals surface area contributed by atoms with Gasteiger partial charge in [-0.05, 0) is 28.9 Å². The summed E-state index contributed by atoms with van der Waals surface area (Å²) in [7, 11) is 0. The Hall–Kier alpha value is -2.21. The first-order chi connectivity index (χ1) is 9.15. The van der Waals surface area contributed by atoms with E-state index >= 15 is 0 Å². The van der Waals surface area contributed by atoms with Gasteiger partial charge in [-0.25, -0.2) is 14.6 Å². The molecule has 0 unspecified atom stereocenters. The molecule has 3 aromatic rings. The highest BCUT2D eigenvalue weighted by Gasteiger charge is 2.14. The second kappa shape index (κ2) is 4.47. The number of aromatic nitrogens is 4. The summed E-state index contributed by atoms with van der Waals surface area (Å²) in [6.07, 6.45) is 2.32. The molecule has 0 bridgehead atoms. The van der Waals surface area contributed by atoms with E-state index in [0.29, 0.717) is 28.4 Å². The fourth-order valence-electron chi connectivity index (χ4n) is 1.93. The number of hydrogen-bond acceptors (Lipinski definition) is 6. The third kappa shape index (κ3) is 2.10. The molecular formula is C12H10ClN5O. The molecule has 96 valence electrons. The van der Waals surface area contributed by atoms with E-state index in [2.05, 4.69) is 24.9 Å². The van der Waals surface area contributed by atoms with E-state index in [-0.39, 0.29) is 0 Å². The number of nitrogens with zero attached hydrogens (tertiary/aromatic N) is 4. The summed E-state index contributed by atoms with van der Waals surface area (Å²) in [5.74, 6) is 0. The van der Waals surface area contributed by atoms with Gasteiger partial charge in [-0.2, -0.15) is 0 Å². The van der Waals surface area contributed by atoms with Gasteiger partial charge in [0.2, 0.25) is 5.65 Å². The van der Waals surface area contributed by atoms with Crippen LogP contribution in [0.4, 0.5) is 5.69 Å². The van der Waals surface area contributed by atoms with Crippen LogP contribution in [-0.2, 0) is 6.42 Å². The number of nitrogens with two attached hydrogens (primary N) is 1. The van der Waals surface area contributed by atoms with Crippen molar-refractivity contribution in [2.24, 2.45) is 0 Å². The van der Waals surface area contributed by atoms with Crippen LogP contribution >= 0.6 is 11.6 Å². The van der Waals surface area contributed by atoms with Gasteiger partial charge in [-0.15, -0.1) is 0 Å². The summed E-state index contributed by atoms with van der Waals surface area (Å²) in [5, 5.41) is 7.92. The number of rotatable bonds is 2. The van der Waals surface area contributed by atoms with Crippen molar-refractivity contribution >= 4 is 28.5 Å². The molecule has 0 aliphatic carbocycles. The summed E-state index contributed by atoms with van der Waals surface area (Å²) in [6.45, 7) is 1.88. The molecular weight excluding hydrogens is 266 g/mol. The average molecular weight is 276 g/mol. The number of fused-ring (bicyclic) bond motifs is 1. The lowest BCUT2D eigenvalue weighted by atomic mass is 10.0. The summed E-state index contributed by atoms with van der Waals surface area (Å²) >= 11 is 5.76. The topological polar surface area (TPSA) is 90.7 Å². The van der Waals surface area contributed by atoms with Crippen molar-refractivity contribution in [1.29, 1.82) is 0 Å². The largest absolute Gasteiger partial charge is 0.396 e. The second-order valence-electron chi connectivity index (χ2n) is 4.19. The van der Waals surface area contributed by atoms with E-state index < -0.39 is 0 Å². The van der Waals surface area contributed by atoms with Crippen molar-refractivity contribution in [2.75, 3.05) is 5.73 Å². The maximum Gasteiger partial charge on any atom is 0.226 e. The van der Waals surface area contributed by atoms with Crippen LogP contribution in [0.25, 0.3) is 11.2 Å². The van der Waals surface area contributed by atoms with Crippen molar-refractivity contribution in [1.82, 2.24) is 20.3 Å². The standard InChI is InChI=1S/C12H10ClN5O/c1-6-8(4-7-2-3-9(13)15-5-7)10(14)11-12(16-6)18-19-17-11/h2-3,5H,4,14H2,1H3. The van der Waals surface area contributed by atoms with Gasteiger partial charge in [-0.3, -0.25) is 0 Å². The van der Waals surface area contributed by atoms with Crippen molar-refractivity contribution in [3.8, 4) is 0 Å². The first-order valence-corrected chi connectivity index (χ1v) is 6.00. The minimum Gasteiger partial charge on any atom is -0.396 e. The molecule has 0 fully saturated rings. The van der Waals surface area contributed by atoms with Crippen molar-refractivity contribution < 1.29 is 4.63 Å². The predicted octanol–water partition coefficient (Wildman–Crippen LogP) is 2.15. The Labute approximate surface area is 113 Å². The van der Waals surface area contributed by atoms with Gasteiger partial charge in [0.05, 0.1) is 5.69 Å². The van der Waals surface area contributed by atoms with E-state index in [4.69, 9.17) is 17.3 Å². The first kappa shape index (κ1) is 11.9. The van der Waals surface area contributed by atoms with Gasteiger partial charge < -0.3 is 5.73 Å². The van der Waals surface area contributed by atoms with E-state index in [9.17, 15) is 0 Å². The fraction of sp³-hybridized carbons (Fsp3) is 0.167. The SMILES string of the molecule is Cc1nc2nonc2c(N)c1Cc1ccc(Cl)nc1. The fourth-order valence-corrected chi connectivity index (χ4v) is 2.04. The summed E-state index contributed by atoms with van der Waals surface area (Å²) in [5.41, 5.74) is 10.2. The molecule has 0 aliphatic rings. The Bertz CT molecular complexity index is 738. The van der Waals surface area contributed by atoms with E-state index in [0.717, 1.165) is 16.8 Å². The van der Waals surface area contributed by atoms with Crippen LogP contribution < -0.4 is 5.73 Å². The highest BCUT2D eigenvalue weighted by Crippen LogP contribution is 2.25. The van der Waals surface area contributed by atoms with Gasteiger partial charge in [-0.1, -0.05) is 17.7 Å². The number of pyridine rings is 2. The summed E-state index contributed by atoms with van der Waals surface area (Å²) in [4.78, 5) is 8.36. The van der Waals surface area contributed by atoms with Gasteiger partial charge in [0.25, 0.3) is 0 Å². The smallest absolute Gasteiger partial charge is 0.226 e. The van der Waals surface area contributed by atoms with Gasteiger partial charge >= 0.3 is 0 Å². The zero-order chi connectivity index (χ0) is 13.4. The molecule has 3 aromatic heterocycles. The van der Waals surface area contributed by atoms with E-state index in [1.807, 2.05) is 13.0 Å². The molecule has 0 radical (unpaired) electrons. The van der Waals surface area contributed by atoms with Crippen LogP contribution in [0.5, 0.6) is 0 Å². The van der Waals surface area contributed by atoms with Crippen molar-refractivity contribution in [3.63, 3.8) is 0 Å². The molecule has 0 aliphatic heterocycles. The Balaban J connectivity index is 2.06. The molecule has 0 saturated heterocycles. The van der Waals surface area contributed by atoms with Gasteiger partial charge in [0.1, 0.15) is 5.15 Å². The number of anilines is 1. The van der Waals surface area contributed by atoms with Crippen LogP contribution in [0.2, 0.25) is 5.15 Å². The molecule has 3 heterocycles. The minimum atomic E-state index is 0.424. The van der Waals surface area contributed by atoms with Crippen LogP contribution in [0.3, 0.4) is 0 Å². The quantitative estimate of drug-likeness (QED) is 0.721. The molecule has 19 heavy (non-hydrogen) atoms. The highest BCUT2D eigenvalue weighted by molar-refractivity contribution is 6.29. The van der Waals surface area contributed by atoms with Crippen LogP contribution in [0, 0.1) is 6.92 Å². The molecule has 7 heteroatoms. The molecule has 3 rings (SSSR count). The molecule has 6 nitrogen and oxygen atoms in total. The maximum atomic E-state index is 6.09. The summed E-state index contributed by atoms with van der Waals surface area (Å²) in [6, 6.07) is 3.64. The monoisotopic (exact) mass is 275 g/mol. The maximum absolute atomic E-state index is 6.09. The molecule has 0 amide bonds. The zero-order valence-electron chi connectivity index (χ0n) is 10.1. The van der Waals surface area contributed by atoms with E-state index in [1.54, 1.807) is 12.3 Å². The van der Waals surface area contributed by atoms with Gasteiger partial charge in [0.15, 0.2) is 5.52 Å². The van der Waals surface area contributed by atoms with Crippen molar-refractivity contribution in [3.05, 3.63) is 40.3 Å². The lowest BCUT2D eigenvalue weighted by Gasteiger charge is -2.08. The van der Waals surface area contributed by atoms with Crippen LogP contribution in [0.15, 0.2) is 23.0 Å². The molecule has 2 N–H and O–H groups in total. The second-order valence-corrected chi connectivity index (χ2v) is 4.58. The third-order valence-electron chi connectivity index (χ3n) is 2.93. The lowest BCUT2D eigenvalue weighted by Crippen LogP contribution is -2.02. The Morgan fingerprint density at radius 2 is 2.16 bits per heavy atom. The van der Waals surface area contributed by atoms with E-state index in [1.165, 1.54) is 0 Å². The van der Waals surface area contributed by atoms with Crippen LogP contribution in [0.1, 0.15) is 16.8 Å². The lowest BCUT2D eigenvalue weighted by molar-refractivity contribution is 0.315. The average Bonchev–Trinajstić information content (AvgIpc) is 2.85.